The predicted molar refractivity (Wildman–Crippen MR) is 87.6 cm³/mol. The van der Waals surface area contributed by atoms with Gasteiger partial charge < -0.3 is 10.1 Å². The van der Waals surface area contributed by atoms with Crippen LogP contribution in [0, 0.1) is 6.92 Å². The van der Waals surface area contributed by atoms with Crippen LogP contribution in [0.2, 0.25) is 10.3 Å². The van der Waals surface area contributed by atoms with E-state index >= 15 is 0 Å². The Morgan fingerprint density at radius 2 is 2.05 bits per heavy atom. The zero-order valence-electron chi connectivity index (χ0n) is 11.2. The molecule has 1 aromatic heterocycles. The molecule has 1 aromatic carbocycles. The number of nitrogens with zero attached hydrogens (tertiary/aromatic N) is 1. The van der Waals surface area contributed by atoms with E-state index in [-0.39, 0.29) is 16.2 Å². The third kappa shape index (κ3) is 3.67. The number of hydrogen-bond acceptors (Lipinski definition) is 3. The number of aromatic nitrogens is 1. The van der Waals surface area contributed by atoms with Gasteiger partial charge in [-0.1, -0.05) is 23.2 Å². The number of carbonyl (C=O) groups excluding carboxylic acids is 1. The predicted octanol–water partition coefficient (Wildman–Crippen LogP) is 4.72. The Morgan fingerprint density at radius 1 is 1.33 bits per heavy atom. The molecule has 0 saturated carbocycles. The fraction of sp³-hybridized carbons (Fsp3) is 0.143. The van der Waals surface area contributed by atoms with Gasteiger partial charge in [0.25, 0.3) is 5.91 Å². The van der Waals surface area contributed by atoms with E-state index in [1.165, 1.54) is 0 Å². The van der Waals surface area contributed by atoms with Gasteiger partial charge in [-0.25, -0.2) is 4.98 Å². The number of ether oxygens (including phenoxy) is 1. The maximum Gasteiger partial charge on any atom is 0.255 e. The molecule has 0 unspecified atom stereocenters. The van der Waals surface area contributed by atoms with Crippen LogP contribution >= 0.6 is 39.1 Å². The average Bonchev–Trinajstić information content (AvgIpc) is 2.42. The van der Waals surface area contributed by atoms with Gasteiger partial charge in [0.1, 0.15) is 10.9 Å². The Hall–Kier alpha value is -1.30. The van der Waals surface area contributed by atoms with E-state index < -0.39 is 0 Å². The minimum absolute atomic E-state index is 0.154. The van der Waals surface area contributed by atoms with E-state index in [2.05, 4.69) is 26.2 Å². The molecule has 0 atom stereocenters. The van der Waals surface area contributed by atoms with Crippen molar-refractivity contribution in [3.63, 3.8) is 0 Å². The van der Waals surface area contributed by atoms with Crippen molar-refractivity contribution in [2.24, 2.45) is 0 Å². The fourth-order valence-electron chi connectivity index (χ4n) is 1.74. The normalized spacial score (nSPS) is 10.3. The quantitative estimate of drug-likeness (QED) is 0.772. The number of anilines is 1. The minimum atomic E-state index is -0.299. The van der Waals surface area contributed by atoms with Crippen molar-refractivity contribution in [1.29, 1.82) is 0 Å². The van der Waals surface area contributed by atoms with E-state index in [0.717, 1.165) is 5.56 Å². The van der Waals surface area contributed by atoms with Crippen LogP contribution in [0.3, 0.4) is 0 Å². The number of amides is 1. The molecule has 4 nitrogen and oxygen atoms in total. The standard InChI is InChI=1S/C14H11BrCl2N2O2/c1-7-5-11(16)18-13(17)12(7)19-14(20)8-3-4-10(21-2)9(15)6-8/h3-6H,1-2H3,(H,19,20). The molecule has 1 heterocycles. The zero-order chi connectivity index (χ0) is 15.6. The van der Waals surface area contributed by atoms with Crippen LogP contribution in [0.5, 0.6) is 5.75 Å². The summed E-state index contributed by atoms with van der Waals surface area (Å²) in [6.07, 6.45) is 0. The first kappa shape index (κ1) is 16.1. The van der Waals surface area contributed by atoms with E-state index in [0.29, 0.717) is 21.5 Å². The lowest BCUT2D eigenvalue weighted by atomic mass is 10.2. The van der Waals surface area contributed by atoms with Crippen molar-refractivity contribution in [1.82, 2.24) is 4.98 Å². The maximum atomic E-state index is 12.3. The molecule has 1 N–H and O–H groups in total. The van der Waals surface area contributed by atoms with Gasteiger partial charge in [-0.2, -0.15) is 0 Å². The summed E-state index contributed by atoms with van der Waals surface area (Å²) < 4.78 is 5.81. The van der Waals surface area contributed by atoms with Crippen LogP contribution in [0.15, 0.2) is 28.7 Å². The number of halogens is 3. The Bertz CT molecular complexity index is 684. The van der Waals surface area contributed by atoms with Crippen molar-refractivity contribution in [2.75, 3.05) is 12.4 Å². The highest BCUT2D eigenvalue weighted by molar-refractivity contribution is 9.10. The second-order valence-electron chi connectivity index (χ2n) is 4.23. The van der Waals surface area contributed by atoms with Gasteiger partial charge in [0, 0.05) is 5.56 Å². The van der Waals surface area contributed by atoms with Crippen LogP contribution in [-0.4, -0.2) is 18.0 Å². The maximum absolute atomic E-state index is 12.3. The molecule has 7 heteroatoms. The summed E-state index contributed by atoms with van der Waals surface area (Å²) in [6.45, 7) is 1.79. The molecular formula is C14H11BrCl2N2O2. The van der Waals surface area contributed by atoms with Gasteiger partial charge in [-0.15, -0.1) is 0 Å². The Balaban J connectivity index is 2.28. The molecule has 0 aliphatic carbocycles. The molecule has 0 saturated heterocycles. The molecule has 0 spiro atoms. The molecule has 0 radical (unpaired) electrons. The first-order valence-electron chi connectivity index (χ1n) is 5.90. The number of rotatable bonds is 3. The van der Waals surface area contributed by atoms with Crippen molar-refractivity contribution >= 4 is 50.7 Å². The first-order chi connectivity index (χ1) is 9.92. The topological polar surface area (TPSA) is 51.2 Å². The number of aryl methyl sites for hydroxylation is 1. The molecule has 21 heavy (non-hydrogen) atoms. The largest absolute Gasteiger partial charge is 0.496 e. The highest BCUT2D eigenvalue weighted by Gasteiger charge is 2.14. The summed E-state index contributed by atoms with van der Waals surface area (Å²) in [4.78, 5) is 16.2. The smallest absolute Gasteiger partial charge is 0.255 e. The Labute approximate surface area is 140 Å². The molecule has 0 aliphatic heterocycles. The van der Waals surface area contributed by atoms with E-state index in [9.17, 15) is 4.79 Å². The molecule has 0 aliphatic rings. The van der Waals surface area contributed by atoms with Crippen molar-refractivity contribution in [2.45, 2.75) is 6.92 Å². The van der Waals surface area contributed by atoms with Gasteiger partial charge in [0.15, 0.2) is 5.15 Å². The number of benzene rings is 1. The number of pyridine rings is 1. The van der Waals surface area contributed by atoms with E-state index in [4.69, 9.17) is 27.9 Å². The summed E-state index contributed by atoms with van der Waals surface area (Å²) >= 11 is 15.1. The molecule has 110 valence electrons. The molecule has 2 aromatic rings. The summed E-state index contributed by atoms with van der Waals surface area (Å²) in [5.41, 5.74) is 1.65. The molecule has 0 fully saturated rings. The average molecular weight is 390 g/mol. The highest BCUT2D eigenvalue weighted by Crippen LogP contribution is 2.29. The molecule has 0 bridgehead atoms. The summed E-state index contributed by atoms with van der Waals surface area (Å²) in [5, 5.41) is 3.17. The van der Waals surface area contributed by atoms with Gasteiger partial charge in [0.2, 0.25) is 0 Å². The third-order valence-corrected chi connectivity index (χ3v) is 3.88. The van der Waals surface area contributed by atoms with Gasteiger partial charge in [-0.3, -0.25) is 4.79 Å². The second kappa shape index (κ2) is 6.64. The summed E-state index contributed by atoms with van der Waals surface area (Å²) in [7, 11) is 1.56. The Morgan fingerprint density at radius 3 is 2.62 bits per heavy atom. The minimum Gasteiger partial charge on any atom is -0.496 e. The van der Waals surface area contributed by atoms with Gasteiger partial charge >= 0.3 is 0 Å². The Kier molecular flexibility index (Phi) is 5.08. The highest BCUT2D eigenvalue weighted by atomic mass is 79.9. The first-order valence-corrected chi connectivity index (χ1v) is 7.44. The lowest BCUT2D eigenvalue weighted by Gasteiger charge is -2.11. The lowest BCUT2D eigenvalue weighted by Crippen LogP contribution is -2.13. The van der Waals surface area contributed by atoms with Crippen molar-refractivity contribution in [3.8, 4) is 5.75 Å². The third-order valence-electron chi connectivity index (χ3n) is 2.79. The van der Waals surface area contributed by atoms with E-state index in [1.54, 1.807) is 38.3 Å². The van der Waals surface area contributed by atoms with Crippen LogP contribution in [0.4, 0.5) is 5.69 Å². The van der Waals surface area contributed by atoms with Crippen LogP contribution < -0.4 is 10.1 Å². The zero-order valence-corrected chi connectivity index (χ0v) is 14.3. The number of nitrogens with one attached hydrogen (secondary N) is 1. The molecule has 1 amide bonds. The summed E-state index contributed by atoms with van der Waals surface area (Å²) in [6, 6.07) is 6.66. The van der Waals surface area contributed by atoms with Gasteiger partial charge in [-0.05, 0) is 52.7 Å². The van der Waals surface area contributed by atoms with Crippen molar-refractivity contribution in [3.05, 3.63) is 50.2 Å². The van der Waals surface area contributed by atoms with Gasteiger partial charge in [0.05, 0.1) is 17.3 Å². The number of carbonyl (C=O) groups is 1. The van der Waals surface area contributed by atoms with Crippen LogP contribution in [0.1, 0.15) is 15.9 Å². The summed E-state index contributed by atoms with van der Waals surface area (Å²) in [5.74, 6) is 0.349. The van der Waals surface area contributed by atoms with Crippen LogP contribution in [-0.2, 0) is 0 Å². The van der Waals surface area contributed by atoms with Crippen molar-refractivity contribution < 1.29 is 9.53 Å². The molecule has 2 rings (SSSR count). The van der Waals surface area contributed by atoms with E-state index in [1.807, 2.05) is 0 Å². The number of hydrogen-bond donors (Lipinski definition) is 1. The number of methoxy groups -OCH3 is 1. The molecular weight excluding hydrogens is 379 g/mol. The monoisotopic (exact) mass is 388 g/mol. The lowest BCUT2D eigenvalue weighted by molar-refractivity contribution is 0.102. The SMILES string of the molecule is COc1ccc(C(=O)Nc2c(C)cc(Cl)nc2Cl)cc1Br. The fourth-order valence-corrected chi connectivity index (χ4v) is 2.86. The van der Waals surface area contributed by atoms with Crippen LogP contribution in [0.25, 0.3) is 0 Å². The second-order valence-corrected chi connectivity index (χ2v) is 5.83.